The standard InChI is InChI=1S/C24H23ClN2O3/c25-17-7-4-8-18(13-17)26-22(28)19(11-14-5-2-1-3-6-14)27-23(29)20-15-9-10-16(12-15)21(20)24(27)30/h1-8,13,15-16,19-21H,9-12H2,(H,26,28)/t15-,16-,19-,20-,21+/m1/s1. The maximum atomic E-state index is 13.3. The number of hydrogen-bond acceptors (Lipinski definition) is 3. The van der Waals surface area contributed by atoms with Crippen molar-refractivity contribution in [2.45, 2.75) is 31.7 Å². The van der Waals surface area contributed by atoms with Crippen molar-refractivity contribution >= 4 is 35.0 Å². The van der Waals surface area contributed by atoms with Crippen LogP contribution in [0.1, 0.15) is 24.8 Å². The van der Waals surface area contributed by atoms with Crippen LogP contribution >= 0.6 is 11.6 Å². The maximum absolute atomic E-state index is 13.3. The first-order valence-corrected chi connectivity index (χ1v) is 10.9. The van der Waals surface area contributed by atoms with Gasteiger partial charge in [-0.25, -0.2) is 0 Å². The normalized spacial score (nSPS) is 28.0. The Morgan fingerprint density at radius 1 is 1.00 bits per heavy atom. The van der Waals surface area contributed by atoms with Gasteiger partial charge in [0.25, 0.3) is 0 Å². The Balaban J connectivity index is 1.46. The van der Waals surface area contributed by atoms with Crippen molar-refractivity contribution in [1.82, 2.24) is 4.90 Å². The Morgan fingerprint density at radius 2 is 1.67 bits per heavy atom. The van der Waals surface area contributed by atoms with Crippen molar-refractivity contribution in [3.8, 4) is 0 Å². The Morgan fingerprint density at radius 3 is 2.30 bits per heavy atom. The van der Waals surface area contributed by atoms with Crippen LogP contribution in [-0.2, 0) is 20.8 Å². The summed E-state index contributed by atoms with van der Waals surface area (Å²) in [6.45, 7) is 0. The SMILES string of the molecule is O=C(Nc1cccc(Cl)c1)[C@@H](Cc1ccccc1)N1C(=O)[C@@H]2[C@@H]3CC[C@H](C3)[C@@H]2C1=O. The van der Waals surface area contributed by atoms with E-state index in [4.69, 9.17) is 11.6 Å². The Kier molecular flexibility index (Phi) is 4.86. The number of nitrogens with one attached hydrogen (secondary N) is 1. The number of carbonyl (C=O) groups excluding carboxylic acids is 3. The van der Waals surface area contributed by atoms with Crippen LogP contribution in [0.2, 0.25) is 5.02 Å². The highest BCUT2D eigenvalue weighted by atomic mass is 35.5. The molecule has 1 heterocycles. The van der Waals surface area contributed by atoms with Crippen LogP contribution < -0.4 is 5.32 Å². The second kappa shape index (κ2) is 7.55. The molecule has 0 aromatic heterocycles. The first-order chi connectivity index (χ1) is 14.5. The first kappa shape index (κ1) is 19.3. The summed E-state index contributed by atoms with van der Waals surface area (Å²) in [5.41, 5.74) is 1.45. The van der Waals surface area contributed by atoms with Crippen molar-refractivity contribution in [2.24, 2.45) is 23.7 Å². The summed E-state index contributed by atoms with van der Waals surface area (Å²) in [4.78, 5) is 41.2. The molecular weight excluding hydrogens is 400 g/mol. The fraction of sp³-hybridized carbons (Fsp3) is 0.375. The summed E-state index contributed by atoms with van der Waals surface area (Å²) in [6, 6.07) is 15.5. The van der Waals surface area contributed by atoms with Gasteiger partial charge in [-0.3, -0.25) is 19.3 Å². The lowest BCUT2D eigenvalue weighted by atomic mass is 9.81. The molecule has 154 valence electrons. The predicted molar refractivity (Wildman–Crippen MR) is 114 cm³/mol. The number of anilines is 1. The molecule has 1 saturated heterocycles. The molecule has 30 heavy (non-hydrogen) atoms. The molecule has 1 N–H and O–H groups in total. The van der Waals surface area contributed by atoms with Gasteiger partial charge in [0.15, 0.2) is 0 Å². The Labute approximate surface area is 180 Å². The van der Waals surface area contributed by atoms with Crippen molar-refractivity contribution in [3.63, 3.8) is 0 Å². The molecule has 3 aliphatic rings. The van der Waals surface area contributed by atoms with E-state index in [0.717, 1.165) is 24.8 Å². The highest BCUT2D eigenvalue weighted by Gasteiger charge is 2.62. The predicted octanol–water partition coefficient (Wildman–Crippen LogP) is 3.92. The second-order valence-electron chi connectivity index (χ2n) is 8.64. The van der Waals surface area contributed by atoms with Gasteiger partial charge in [-0.2, -0.15) is 0 Å². The molecule has 3 fully saturated rings. The van der Waals surface area contributed by atoms with Gasteiger partial charge < -0.3 is 5.32 Å². The number of carbonyl (C=O) groups is 3. The average molecular weight is 423 g/mol. The number of imide groups is 1. The van der Waals surface area contributed by atoms with E-state index in [1.807, 2.05) is 30.3 Å². The number of halogens is 1. The molecule has 2 aliphatic carbocycles. The fourth-order valence-corrected chi connectivity index (χ4v) is 5.86. The molecule has 0 radical (unpaired) electrons. The smallest absolute Gasteiger partial charge is 0.248 e. The highest BCUT2D eigenvalue weighted by molar-refractivity contribution is 6.30. The van der Waals surface area contributed by atoms with Crippen LogP contribution in [0.15, 0.2) is 54.6 Å². The van der Waals surface area contributed by atoms with Crippen LogP contribution in [0.5, 0.6) is 0 Å². The van der Waals surface area contributed by atoms with E-state index >= 15 is 0 Å². The topological polar surface area (TPSA) is 66.5 Å². The van der Waals surface area contributed by atoms with Crippen LogP contribution in [-0.4, -0.2) is 28.7 Å². The van der Waals surface area contributed by atoms with Gasteiger partial charge in [0.2, 0.25) is 17.7 Å². The van der Waals surface area contributed by atoms with E-state index < -0.39 is 6.04 Å². The van der Waals surface area contributed by atoms with Gasteiger partial charge >= 0.3 is 0 Å². The zero-order chi connectivity index (χ0) is 20.8. The number of likely N-dealkylation sites (tertiary alicyclic amines) is 1. The minimum Gasteiger partial charge on any atom is -0.324 e. The fourth-order valence-electron chi connectivity index (χ4n) is 5.67. The largest absolute Gasteiger partial charge is 0.324 e. The van der Waals surface area contributed by atoms with Crippen LogP contribution in [0, 0.1) is 23.7 Å². The van der Waals surface area contributed by atoms with Crippen molar-refractivity contribution in [3.05, 3.63) is 65.2 Å². The van der Waals surface area contributed by atoms with Crippen LogP contribution in [0.25, 0.3) is 0 Å². The molecular formula is C24H23ClN2O3. The van der Waals surface area contributed by atoms with E-state index in [1.54, 1.807) is 24.3 Å². The number of nitrogens with zero attached hydrogens (tertiary/aromatic N) is 1. The van der Waals surface area contributed by atoms with E-state index in [9.17, 15) is 14.4 Å². The Bertz CT molecular complexity index is 981. The van der Waals surface area contributed by atoms with Gasteiger partial charge in [-0.05, 0) is 54.9 Å². The molecule has 2 saturated carbocycles. The molecule has 5 atom stereocenters. The third-order valence-corrected chi connectivity index (χ3v) is 7.18. The van der Waals surface area contributed by atoms with Crippen molar-refractivity contribution in [1.29, 1.82) is 0 Å². The molecule has 2 aromatic rings. The number of amides is 3. The van der Waals surface area contributed by atoms with Gasteiger partial charge in [0.1, 0.15) is 6.04 Å². The second-order valence-corrected chi connectivity index (χ2v) is 9.07. The molecule has 1 aliphatic heterocycles. The zero-order valence-corrected chi connectivity index (χ0v) is 17.2. The first-order valence-electron chi connectivity index (χ1n) is 10.5. The lowest BCUT2D eigenvalue weighted by molar-refractivity contribution is -0.147. The summed E-state index contributed by atoms with van der Waals surface area (Å²) in [5, 5.41) is 3.36. The van der Waals surface area contributed by atoms with Gasteiger partial charge in [0.05, 0.1) is 11.8 Å². The van der Waals surface area contributed by atoms with Gasteiger partial charge in [-0.15, -0.1) is 0 Å². The number of benzene rings is 2. The summed E-state index contributed by atoms with van der Waals surface area (Å²) in [7, 11) is 0. The molecule has 0 unspecified atom stereocenters. The zero-order valence-electron chi connectivity index (χ0n) is 16.5. The van der Waals surface area contributed by atoms with Crippen LogP contribution in [0.4, 0.5) is 5.69 Å². The molecule has 6 heteroatoms. The monoisotopic (exact) mass is 422 g/mol. The third kappa shape index (κ3) is 3.21. The Hall–Kier alpha value is -2.66. The minimum absolute atomic E-state index is 0.167. The van der Waals surface area contributed by atoms with Crippen molar-refractivity contribution < 1.29 is 14.4 Å². The van der Waals surface area contributed by atoms with Crippen molar-refractivity contribution in [2.75, 3.05) is 5.32 Å². The molecule has 2 aromatic carbocycles. The van der Waals surface area contributed by atoms with E-state index in [1.165, 1.54) is 4.90 Å². The maximum Gasteiger partial charge on any atom is 0.248 e. The summed E-state index contributed by atoms with van der Waals surface area (Å²) >= 11 is 6.04. The summed E-state index contributed by atoms with van der Waals surface area (Å²) < 4.78 is 0. The molecule has 3 amide bonds. The van der Waals surface area contributed by atoms with Crippen LogP contribution in [0.3, 0.4) is 0 Å². The number of hydrogen-bond donors (Lipinski definition) is 1. The quantitative estimate of drug-likeness (QED) is 0.742. The van der Waals surface area contributed by atoms with E-state index in [-0.39, 0.29) is 41.4 Å². The molecule has 5 rings (SSSR count). The van der Waals surface area contributed by atoms with E-state index in [0.29, 0.717) is 17.1 Å². The number of rotatable bonds is 5. The molecule has 5 nitrogen and oxygen atoms in total. The van der Waals surface area contributed by atoms with E-state index in [2.05, 4.69) is 5.32 Å². The van der Waals surface area contributed by atoms with Gasteiger partial charge in [0, 0.05) is 17.1 Å². The lowest BCUT2D eigenvalue weighted by Gasteiger charge is -2.27. The highest BCUT2D eigenvalue weighted by Crippen LogP contribution is 2.56. The van der Waals surface area contributed by atoms with Gasteiger partial charge in [-0.1, -0.05) is 48.0 Å². The minimum atomic E-state index is -0.878. The third-order valence-electron chi connectivity index (χ3n) is 6.94. The molecule has 0 spiro atoms. The average Bonchev–Trinajstić information content (AvgIpc) is 3.41. The summed E-state index contributed by atoms with van der Waals surface area (Å²) in [5.74, 6) is -0.611. The lowest BCUT2D eigenvalue weighted by Crippen LogP contribution is -2.49. The molecule has 2 bridgehead atoms. The summed E-state index contributed by atoms with van der Waals surface area (Å²) in [6.07, 6.45) is 3.28. The number of fused-ring (bicyclic) bond motifs is 5.